The van der Waals surface area contributed by atoms with Gasteiger partial charge in [-0.3, -0.25) is 4.79 Å². The number of nitrogens with zero attached hydrogens (tertiary/aromatic N) is 1. The fourth-order valence-corrected chi connectivity index (χ4v) is 5.41. The molecule has 1 atom stereocenters. The first-order valence-electron chi connectivity index (χ1n) is 9.55. The molecule has 0 spiro atoms. The Kier molecular flexibility index (Phi) is 6.06. The lowest BCUT2D eigenvalue weighted by atomic mass is 9.94. The molecular formula is C21H18F7NO3S. The molecule has 180 valence electrons. The average molecular weight is 497 g/mol. The van der Waals surface area contributed by atoms with Crippen LogP contribution in [0.1, 0.15) is 31.4 Å². The van der Waals surface area contributed by atoms with Gasteiger partial charge in [0.25, 0.3) is 0 Å². The molecule has 12 heteroatoms. The van der Waals surface area contributed by atoms with E-state index in [-0.39, 0.29) is 19.0 Å². The predicted molar refractivity (Wildman–Crippen MR) is 105 cm³/mol. The van der Waals surface area contributed by atoms with E-state index in [1.54, 1.807) is 0 Å². The summed E-state index contributed by atoms with van der Waals surface area (Å²) in [7, 11) is -4.39. The first-order valence-corrected chi connectivity index (χ1v) is 11.0. The highest BCUT2D eigenvalue weighted by molar-refractivity contribution is 7.92. The number of carbonyl (C=O) groups excluding carboxylic acids is 1. The van der Waals surface area contributed by atoms with Gasteiger partial charge in [-0.15, -0.1) is 0 Å². The molecule has 0 N–H and O–H groups in total. The fourth-order valence-electron chi connectivity index (χ4n) is 3.67. The number of hydrogen-bond acceptors (Lipinski definition) is 3. The van der Waals surface area contributed by atoms with E-state index in [2.05, 4.69) is 0 Å². The van der Waals surface area contributed by atoms with Crippen molar-refractivity contribution in [2.45, 2.75) is 42.3 Å². The summed E-state index contributed by atoms with van der Waals surface area (Å²) in [5, 5.41) is 0. The normalized spacial score (nSPS) is 18.2. The topological polar surface area (TPSA) is 54.5 Å². The molecule has 1 heterocycles. The zero-order chi connectivity index (χ0) is 25.0. The average Bonchev–Trinajstić information content (AvgIpc) is 3.08. The number of rotatable bonds is 4. The highest BCUT2D eigenvalue weighted by Crippen LogP contribution is 2.41. The molecule has 2 aromatic carbocycles. The molecule has 3 rings (SSSR count). The maximum Gasteiger partial charge on any atom is 0.416 e. The van der Waals surface area contributed by atoms with E-state index in [1.807, 2.05) is 0 Å². The second kappa shape index (κ2) is 8.00. The summed E-state index contributed by atoms with van der Waals surface area (Å²) >= 11 is 0. The van der Waals surface area contributed by atoms with Crippen molar-refractivity contribution in [1.82, 2.24) is 0 Å². The number of sulfone groups is 1. The van der Waals surface area contributed by atoms with E-state index in [9.17, 15) is 43.9 Å². The van der Waals surface area contributed by atoms with Gasteiger partial charge in [-0.05, 0) is 50.2 Å². The number of halogens is 7. The third-order valence-corrected chi connectivity index (χ3v) is 8.43. The highest BCUT2D eigenvalue weighted by Gasteiger charge is 2.49. The monoisotopic (exact) mass is 497 g/mol. The van der Waals surface area contributed by atoms with Crippen molar-refractivity contribution in [1.29, 1.82) is 0 Å². The van der Waals surface area contributed by atoms with Crippen molar-refractivity contribution in [3.63, 3.8) is 0 Å². The van der Waals surface area contributed by atoms with Crippen LogP contribution < -0.4 is 4.90 Å². The summed E-state index contributed by atoms with van der Waals surface area (Å²) < 4.78 is 116. The molecule has 1 aliphatic rings. The Bertz CT molecular complexity index is 1190. The lowest BCUT2D eigenvalue weighted by Gasteiger charge is -2.31. The quantitative estimate of drug-likeness (QED) is 0.527. The molecule has 1 aliphatic heterocycles. The Hall–Kier alpha value is -2.63. The van der Waals surface area contributed by atoms with Crippen LogP contribution in [0.3, 0.4) is 0 Å². The van der Waals surface area contributed by atoms with Gasteiger partial charge < -0.3 is 4.90 Å². The number of alkyl halides is 6. The first kappa shape index (κ1) is 25.0. The largest absolute Gasteiger partial charge is 0.416 e. The van der Waals surface area contributed by atoms with Gasteiger partial charge in [0.1, 0.15) is 5.82 Å². The number of hydrogen-bond donors (Lipinski definition) is 0. The maximum absolute atomic E-state index is 14.4. The molecule has 4 nitrogen and oxygen atoms in total. The third-order valence-electron chi connectivity index (χ3n) is 5.84. The van der Waals surface area contributed by atoms with Crippen LogP contribution in [0.25, 0.3) is 0 Å². The van der Waals surface area contributed by atoms with E-state index in [1.165, 1.54) is 13.8 Å². The summed E-state index contributed by atoms with van der Waals surface area (Å²) in [5.74, 6) is -2.99. The smallest absolute Gasteiger partial charge is 0.309 e. The Balaban J connectivity index is 1.93. The lowest BCUT2D eigenvalue weighted by Crippen LogP contribution is -2.41. The van der Waals surface area contributed by atoms with Crippen LogP contribution in [0.4, 0.5) is 36.4 Å². The van der Waals surface area contributed by atoms with E-state index in [4.69, 9.17) is 0 Å². The minimum atomic E-state index is -4.79. The molecule has 1 amide bonds. The molecular weight excluding hydrogens is 479 g/mol. The van der Waals surface area contributed by atoms with Crippen molar-refractivity contribution < 1.29 is 43.9 Å². The molecule has 0 bridgehead atoms. The number of carbonyl (C=O) groups is 1. The summed E-state index contributed by atoms with van der Waals surface area (Å²) in [5.41, 5.74) is -2.85. The van der Waals surface area contributed by atoms with E-state index >= 15 is 0 Å². The van der Waals surface area contributed by atoms with Gasteiger partial charge in [-0.25, -0.2) is 12.8 Å². The number of anilines is 1. The zero-order valence-electron chi connectivity index (χ0n) is 17.3. The van der Waals surface area contributed by atoms with Gasteiger partial charge in [0.15, 0.2) is 9.84 Å². The Morgan fingerprint density at radius 1 is 0.909 bits per heavy atom. The van der Waals surface area contributed by atoms with Gasteiger partial charge in [0.2, 0.25) is 5.91 Å². The van der Waals surface area contributed by atoms with Gasteiger partial charge >= 0.3 is 12.4 Å². The predicted octanol–water partition coefficient (Wildman–Crippen LogP) is 5.47. The van der Waals surface area contributed by atoms with Crippen molar-refractivity contribution in [3.05, 3.63) is 59.4 Å². The van der Waals surface area contributed by atoms with Gasteiger partial charge in [-0.2, -0.15) is 26.3 Å². The van der Waals surface area contributed by atoms with Crippen molar-refractivity contribution in [2.75, 3.05) is 11.4 Å². The van der Waals surface area contributed by atoms with Gasteiger partial charge in [0.05, 0.1) is 26.5 Å². The van der Waals surface area contributed by atoms with Crippen LogP contribution in [0, 0.1) is 11.7 Å². The first-order chi connectivity index (χ1) is 15.0. The number of benzene rings is 2. The van der Waals surface area contributed by atoms with Crippen LogP contribution >= 0.6 is 0 Å². The lowest BCUT2D eigenvalue weighted by molar-refractivity contribution is -0.138. The van der Waals surface area contributed by atoms with Crippen molar-refractivity contribution >= 4 is 21.4 Å². The molecule has 0 aromatic heterocycles. The maximum atomic E-state index is 14.4. The van der Waals surface area contributed by atoms with Crippen molar-refractivity contribution in [2.24, 2.45) is 5.92 Å². The molecule has 33 heavy (non-hydrogen) atoms. The van der Waals surface area contributed by atoms with E-state index in [0.29, 0.717) is 12.1 Å². The standard InChI is InChI=1S/C21H18F7NO3S/c1-19(2,33(31,32)15-5-3-4-12(8-15)20(23,24)25)14-10-18(30)29(11-14)17-7-6-13(9-16(17)22)21(26,27)28/h3-9,14H,10-11H2,1-2H3/t14-/m0/s1. The molecule has 0 radical (unpaired) electrons. The number of amides is 1. The van der Waals surface area contributed by atoms with Crippen LogP contribution in [0.15, 0.2) is 47.4 Å². The van der Waals surface area contributed by atoms with Crippen LogP contribution in [-0.2, 0) is 27.0 Å². The summed E-state index contributed by atoms with van der Waals surface area (Å²) in [4.78, 5) is 12.8. The second-order valence-corrected chi connectivity index (χ2v) is 10.7. The van der Waals surface area contributed by atoms with Crippen LogP contribution in [0.2, 0.25) is 0 Å². The van der Waals surface area contributed by atoms with E-state index in [0.717, 1.165) is 29.2 Å². The third kappa shape index (κ3) is 4.57. The van der Waals surface area contributed by atoms with Crippen LogP contribution in [-0.4, -0.2) is 25.6 Å². The molecule has 0 unspecified atom stereocenters. The Labute approximate surface area is 184 Å². The molecule has 0 aliphatic carbocycles. The molecule has 2 aromatic rings. The highest BCUT2D eigenvalue weighted by atomic mass is 32.2. The summed E-state index contributed by atoms with van der Waals surface area (Å²) in [6, 6.07) is 4.81. The molecule has 1 saturated heterocycles. The van der Waals surface area contributed by atoms with Gasteiger partial charge in [0, 0.05) is 18.9 Å². The Morgan fingerprint density at radius 3 is 2.03 bits per heavy atom. The van der Waals surface area contributed by atoms with Crippen LogP contribution in [0.5, 0.6) is 0 Å². The molecule has 1 fully saturated rings. The Morgan fingerprint density at radius 2 is 1.48 bits per heavy atom. The SMILES string of the molecule is CC(C)([C@H]1CC(=O)N(c2ccc(C(F)(F)F)cc2F)C1)S(=O)(=O)c1cccc(C(F)(F)F)c1. The zero-order valence-corrected chi connectivity index (χ0v) is 18.1. The second-order valence-electron chi connectivity index (χ2n) is 8.20. The van der Waals surface area contributed by atoms with E-state index < -0.39 is 66.3 Å². The fraction of sp³-hybridized carbons (Fsp3) is 0.381. The minimum absolute atomic E-state index is 0.237. The minimum Gasteiger partial charge on any atom is -0.309 e. The summed E-state index contributed by atoms with van der Waals surface area (Å²) in [6.45, 7) is 2.15. The van der Waals surface area contributed by atoms with Crippen molar-refractivity contribution in [3.8, 4) is 0 Å². The molecule has 0 saturated carbocycles. The van der Waals surface area contributed by atoms with Gasteiger partial charge in [-0.1, -0.05) is 6.07 Å². The summed E-state index contributed by atoms with van der Waals surface area (Å²) in [6.07, 6.45) is -9.94.